The average Bonchev–Trinajstić information content (AvgIpc) is 3.03. The van der Waals surface area contributed by atoms with Crippen LogP contribution in [0.25, 0.3) is 0 Å². The normalized spacial score (nSPS) is 15.8. The maximum absolute atomic E-state index is 4.44. The third-order valence-corrected chi connectivity index (χ3v) is 3.45. The highest BCUT2D eigenvalue weighted by molar-refractivity contribution is 5.05. The van der Waals surface area contributed by atoms with Gasteiger partial charge in [0.15, 0.2) is 0 Å². The number of hydrogen-bond donors (Lipinski definition) is 1. The molecule has 0 saturated heterocycles. The predicted octanol–water partition coefficient (Wildman–Crippen LogP) is 2.88. The van der Waals surface area contributed by atoms with Gasteiger partial charge in [-0.1, -0.05) is 13.8 Å². The molecular formula is C14H25N3. The van der Waals surface area contributed by atoms with Gasteiger partial charge in [-0.05, 0) is 38.5 Å². The van der Waals surface area contributed by atoms with Crippen molar-refractivity contribution in [3.8, 4) is 0 Å². The quantitative estimate of drug-likeness (QED) is 0.787. The minimum absolute atomic E-state index is 0.773. The summed E-state index contributed by atoms with van der Waals surface area (Å²) in [5, 5.41) is 3.56. The second-order valence-electron chi connectivity index (χ2n) is 5.64. The predicted molar refractivity (Wildman–Crippen MR) is 70.9 cm³/mol. The maximum atomic E-state index is 4.44. The zero-order chi connectivity index (χ0) is 12.3. The molecule has 2 rings (SSSR count). The summed E-state index contributed by atoms with van der Waals surface area (Å²) in [5.41, 5.74) is 1.35. The molecule has 1 aliphatic rings. The van der Waals surface area contributed by atoms with Gasteiger partial charge in [0, 0.05) is 25.3 Å². The summed E-state index contributed by atoms with van der Waals surface area (Å²) in [4.78, 5) is 4.44. The largest absolute Gasteiger partial charge is 0.331 e. The highest BCUT2D eigenvalue weighted by atomic mass is 15.1. The van der Waals surface area contributed by atoms with Gasteiger partial charge in [-0.25, -0.2) is 4.98 Å². The highest BCUT2D eigenvalue weighted by Crippen LogP contribution is 2.19. The molecule has 3 nitrogen and oxygen atoms in total. The first-order valence-corrected chi connectivity index (χ1v) is 6.91. The van der Waals surface area contributed by atoms with Crippen LogP contribution in [0.3, 0.4) is 0 Å². The molecule has 1 aliphatic carbocycles. The Hall–Kier alpha value is -0.830. The van der Waals surface area contributed by atoms with Gasteiger partial charge in [0.25, 0.3) is 0 Å². The van der Waals surface area contributed by atoms with Crippen LogP contribution < -0.4 is 5.32 Å². The fourth-order valence-corrected chi connectivity index (χ4v) is 2.16. The first kappa shape index (κ1) is 12.6. The van der Waals surface area contributed by atoms with Gasteiger partial charge in [0.05, 0.1) is 5.69 Å². The molecule has 1 N–H and O–H groups in total. The molecule has 0 amide bonds. The van der Waals surface area contributed by atoms with Gasteiger partial charge < -0.3 is 9.88 Å². The molecule has 0 bridgehead atoms. The van der Waals surface area contributed by atoms with E-state index in [1.54, 1.807) is 0 Å². The second-order valence-corrected chi connectivity index (χ2v) is 5.64. The van der Waals surface area contributed by atoms with Gasteiger partial charge in [0.1, 0.15) is 5.82 Å². The molecule has 1 saturated carbocycles. The lowest BCUT2D eigenvalue weighted by Gasteiger charge is -2.11. The van der Waals surface area contributed by atoms with Crippen molar-refractivity contribution in [1.82, 2.24) is 14.9 Å². The van der Waals surface area contributed by atoms with E-state index >= 15 is 0 Å². The van der Waals surface area contributed by atoms with E-state index in [2.05, 4.69) is 35.6 Å². The van der Waals surface area contributed by atoms with Gasteiger partial charge in [-0.2, -0.15) is 0 Å². The second kappa shape index (κ2) is 5.67. The minimum Gasteiger partial charge on any atom is -0.331 e. The minimum atomic E-state index is 0.773. The first-order chi connectivity index (χ1) is 8.16. The van der Waals surface area contributed by atoms with Crippen LogP contribution in [0.15, 0.2) is 6.20 Å². The molecule has 17 heavy (non-hydrogen) atoms. The topological polar surface area (TPSA) is 29.9 Å². The van der Waals surface area contributed by atoms with E-state index in [1.807, 2.05) is 6.20 Å². The SMILES string of the molecule is Cc1ncc(CNC2CC2)n1CCCC(C)C. The number of aromatic nitrogens is 2. The molecule has 1 fully saturated rings. The summed E-state index contributed by atoms with van der Waals surface area (Å²) >= 11 is 0. The highest BCUT2D eigenvalue weighted by Gasteiger charge is 2.20. The van der Waals surface area contributed by atoms with Crippen molar-refractivity contribution in [1.29, 1.82) is 0 Å². The van der Waals surface area contributed by atoms with E-state index in [1.165, 1.54) is 31.4 Å². The number of hydrogen-bond acceptors (Lipinski definition) is 2. The van der Waals surface area contributed by atoms with E-state index in [4.69, 9.17) is 0 Å². The van der Waals surface area contributed by atoms with Crippen LogP contribution in [0.5, 0.6) is 0 Å². The third-order valence-electron chi connectivity index (χ3n) is 3.45. The Bertz CT molecular complexity index is 350. The molecular weight excluding hydrogens is 210 g/mol. The van der Waals surface area contributed by atoms with Crippen LogP contribution in [0, 0.1) is 12.8 Å². The van der Waals surface area contributed by atoms with Crippen LogP contribution in [-0.4, -0.2) is 15.6 Å². The van der Waals surface area contributed by atoms with Crippen molar-refractivity contribution < 1.29 is 0 Å². The Kier molecular flexibility index (Phi) is 4.21. The molecule has 1 aromatic rings. The van der Waals surface area contributed by atoms with E-state index in [-0.39, 0.29) is 0 Å². The molecule has 96 valence electrons. The molecule has 0 spiro atoms. The number of rotatable bonds is 7. The lowest BCUT2D eigenvalue weighted by atomic mass is 10.1. The molecule has 3 heteroatoms. The Labute approximate surface area is 105 Å². The number of imidazole rings is 1. The lowest BCUT2D eigenvalue weighted by Crippen LogP contribution is -2.18. The fraction of sp³-hybridized carbons (Fsp3) is 0.786. The Morgan fingerprint density at radius 3 is 2.88 bits per heavy atom. The average molecular weight is 235 g/mol. The van der Waals surface area contributed by atoms with E-state index in [0.717, 1.165) is 30.9 Å². The van der Waals surface area contributed by atoms with Crippen LogP contribution in [0.4, 0.5) is 0 Å². The third kappa shape index (κ3) is 3.84. The Morgan fingerprint density at radius 1 is 1.47 bits per heavy atom. The summed E-state index contributed by atoms with van der Waals surface area (Å²) in [6, 6.07) is 0.773. The van der Waals surface area contributed by atoms with Gasteiger partial charge in [-0.3, -0.25) is 0 Å². The standard InChI is InChI=1S/C14H25N3/c1-11(2)5-4-8-17-12(3)15-9-14(17)10-16-13-6-7-13/h9,11,13,16H,4-8,10H2,1-3H3. The summed E-state index contributed by atoms with van der Waals surface area (Å²) in [7, 11) is 0. The first-order valence-electron chi connectivity index (χ1n) is 6.91. The summed E-state index contributed by atoms with van der Waals surface area (Å²) in [5.74, 6) is 1.95. The van der Waals surface area contributed by atoms with E-state index < -0.39 is 0 Å². The Balaban J connectivity index is 1.86. The van der Waals surface area contributed by atoms with Crippen molar-refractivity contribution in [3.63, 3.8) is 0 Å². The van der Waals surface area contributed by atoms with Crippen LogP contribution in [0.2, 0.25) is 0 Å². The summed E-state index contributed by atoms with van der Waals surface area (Å²) in [6.45, 7) is 8.78. The van der Waals surface area contributed by atoms with E-state index in [0.29, 0.717) is 0 Å². The smallest absolute Gasteiger partial charge is 0.105 e. The number of nitrogens with zero attached hydrogens (tertiary/aromatic N) is 2. The number of nitrogens with one attached hydrogen (secondary N) is 1. The molecule has 0 aromatic carbocycles. The number of aryl methyl sites for hydroxylation is 1. The van der Waals surface area contributed by atoms with E-state index in [9.17, 15) is 0 Å². The van der Waals surface area contributed by atoms with Crippen LogP contribution >= 0.6 is 0 Å². The fourth-order valence-electron chi connectivity index (χ4n) is 2.16. The van der Waals surface area contributed by atoms with Gasteiger partial charge >= 0.3 is 0 Å². The van der Waals surface area contributed by atoms with Crippen LogP contribution in [-0.2, 0) is 13.1 Å². The molecule has 0 aliphatic heterocycles. The monoisotopic (exact) mass is 235 g/mol. The molecule has 0 unspecified atom stereocenters. The van der Waals surface area contributed by atoms with Crippen molar-refractivity contribution in [2.45, 2.75) is 65.6 Å². The van der Waals surface area contributed by atoms with Crippen LogP contribution in [0.1, 0.15) is 51.0 Å². The molecule has 1 aromatic heterocycles. The Morgan fingerprint density at radius 2 is 2.24 bits per heavy atom. The maximum Gasteiger partial charge on any atom is 0.105 e. The summed E-state index contributed by atoms with van der Waals surface area (Å²) in [6.07, 6.45) is 7.28. The van der Waals surface area contributed by atoms with Crippen molar-refractivity contribution in [2.24, 2.45) is 5.92 Å². The van der Waals surface area contributed by atoms with Gasteiger partial charge in [0.2, 0.25) is 0 Å². The van der Waals surface area contributed by atoms with Gasteiger partial charge in [-0.15, -0.1) is 0 Å². The van der Waals surface area contributed by atoms with Crippen molar-refractivity contribution in [3.05, 3.63) is 17.7 Å². The van der Waals surface area contributed by atoms with Crippen molar-refractivity contribution in [2.75, 3.05) is 0 Å². The summed E-state index contributed by atoms with van der Waals surface area (Å²) < 4.78 is 2.37. The van der Waals surface area contributed by atoms with Crippen molar-refractivity contribution >= 4 is 0 Å². The molecule has 0 atom stereocenters. The molecule has 0 radical (unpaired) electrons. The zero-order valence-electron chi connectivity index (χ0n) is 11.4. The zero-order valence-corrected chi connectivity index (χ0v) is 11.4. The molecule has 1 heterocycles. The lowest BCUT2D eigenvalue weighted by molar-refractivity contribution is 0.495.